The molecular weight excluding hydrogens is 614 g/mol. The van der Waals surface area contributed by atoms with Gasteiger partial charge in [0.1, 0.15) is 24.4 Å². The molecule has 14 N–H and O–H groups in total. The Morgan fingerprint density at radius 2 is 1.15 bits per heavy atom. The largest absolute Gasteiger partial charge is 0.390 e. The lowest BCUT2D eigenvalue weighted by atomic mass is 9.84. The van der Waals surface area contributed by atoms with E-state index in [4.69, 9.17) is 47.6 Å². The van der Waals surface area contributed by atoms with Crippen LogP contribution in [-0.4, -0.2) is 124 Å². The first-order valence-electron chi connectivity index (χ1n) is 17.7. The zero-order chi connectivity index (χ0) is 33.6. The topological polar surface area (TPSA) is 248 Å². The molecule has 2 saturated heterocycles. The summed E-state index contributed by atoms with van der Waals surface area (Å²) in [4.78, 5) is 0. The summed E-state index contributed by atoms with van der Waals surface area (Å²) in [5.41, 5.74) is 30.7. The zero-order valence-electron chi connectivity index (χ0n) is 27.8. The molecule has 0 aromatic carbocycles. The van der Waals surface area contributed by atoms with E-state index < -0.39 is 85.6 Å². The third kappa shape index (κ3) is 12.0. The fraction of sp³-hybridized carbons (Fsp3) is 1.00. The Bertz CT molecular complexity index is 826. The highest BCUT2D eigenvalue weighted by atomic mass is 32.2. The maximum atomic E-state index is 11.3. The van der Waals surface area contributed by atoms with Crippen LogP contribution in [0, 0.1) is 0 Å². The molecule has 0 aromatic heterocycles. The standard InChI is InChI=1S/C32H65N5O8S/c1-2-3-4-5-6-7-8-9-10-11-12-13-14-46-18-24-26(39)25(37)27(40)32(43-24)45-30-20(35)15-19(34)29(28(30)41)44-31-21(36)16-22(38)23(17-33)42-31/h19-32,38-41H,2-18,33-37H2,1H3/t19-,20+,21+,22-,23+,24+,25-,26+,27+,28-,29+,30-,31-,32+/m0/s1. The Balaban J connectivity index is 1.42. The van der Waals surface area contributed by atoms with Gasteiger partial charge in [-0.05, 0) is 25.0 Å². The van der Waals surface area contributed by atoms with Crippen LogP contribution in [0.3, 0.4) is 0 Å². The van der Waals surface area contributed by atoms with Crippen LogP contribution in [0.1, 0.15) is 96.8 Å². The Labute approximate surface area is 279 Å². The summed E-state index contributed by atoms with van der Waals surface area (Å²) in [5, 5.41) is 43.0. The first kappa shape index (κ1) is 40.3. The minimum absolute atomic E-state index is 0.0749. The maximum absolute atomic E-state index is 11.3. The van der Waals surface area contributed by atoms with Gasteiger partial charge in [-0.1, -0.05) is 77.6 Å². The molecule has 0 spiro atoms. The Morgan fingerprint density at radius 3 is 1.72 bits per heavy atom. The van der Waals surface area contributed by atoms with E-state index in [-0.39, 0.29) is 19.4 Å². The number of aliphatic hydroxyl groups excluding tert-OH is 4. The predicted octanol–water partition coefficient (Wildman–Crippen LogP) is 0.146. The predicted molar refractivity (Wildman–Crippen MR) is 180 cm³/mol. The molecule has 0 bridgehead atoms. The molecular formula is C32H65N5O8S. The summed E-state index contributed by atoms with van der Waals surface area (Å²) in [7, 11) is 0. The zero-order valence-corrected chi connectivity index (χ0v) is 28.6. The SMILES string of the molecule is CCCCCCCCCCCCCCSC[C@H]1O[C@H](O[C@@H]2[C@@H](O)[C@H](O[C@@H]3O[C@H](CN)[C@@H](O)C[C@H]3N)[C@@H](N)C[C@H]2N)[C@H](O)[C@@H](N)[C@@H]1O. The van der Waals surface area contributed by atoms with Gasteiger partial charge >= 0.3 is 0 Å². The van der Waals surface area contributed by atoms with E-state index in [1.54, 1.807) is 11.8 Å². The molecule has 46 heavy (non-hydrogen) atoms. The molecule has 0 radical (unpaired) electrons. The maximum Gasteiger partial charge on any atom is 0.186 e. The highest BCUT2D eigenvalue weighted by Gasteiger charge is 2.50. The van der Waals surface area contributed by atoms with Gasteiger partial charge < -0.3 is 68.0 Å². The van der Waals surface area contributed by atoms with E-state index in [2.05, 4.69) is 6.92 Å². The first-order valence-corrected chi connectivity index (χ1v) is 18.9. The van der Waals surface area contributed by atoms with Crippen LogP contribution in [0.15, 0.2) is 0 Å². The molecule has 14 atom stereocenters. The number of thioether (sulfide) groups is 1. The van der Waals surface area contributed by atoms with Gasteiger partial charge in [-0.3, -0.25) is 0 Å². The smallest absolute Gasteiger partial charge is 0.186 e. The Morgan fingerprint density at radius 1 is 0.630 bits per heavy atom. The highest BCUT2D eigenvalue weighted by molar-refractivity contribution is 7.99. The third-order valence-corrected chi connectivity index (χ3v) is 10.8. The van der Waals surface area contributed by atoms with E-state index in [1.165, 1.54) is 70.6 Å². The molecule has 0 aromatic rings. The monoisotopic (exact) mass is 679 g/mol. The van der Waals surface area contributed by atoms with E-state index in [0.717, 1.165) is 12.2 Å². The van der Waals surface area contributed by atoms with Gasteiger partial charge in [-0.25, -0.2) is 0 Å². The second-order valence-electron chi connectivity index (χ2n) is 13.6. The van der Waals surface area contributed by atoms with Crippen LogP contribution in [-0.2, 0) is 18.9 Å². The van der Waals surface area contributed by atoms with Crippen molar-refractivity contribution in [2.24, 2.45) is 28.7 Å². The fourth-order valence-electron chi connectivity index (χ4n) is 6.66. The molecule has 0 amide bonds. The minimum atomic E-state index is -1.34. The molecule has 13 nitrogen and oxygen atoms in total. The molecule has 3 fully saturated rings. The van der Waals surface area contributed by atoms with Crippen LogP contribution in [0.4, 0.5) is 0 Å². The first-order chi connectivity index (χ1) is 22.1. The fourth-order valence-corrected chi connectivity index (χ4v) is 7.74. The number of nitrogens with two attached hydrogens (primary N) is 5. The van der Waals surface area contributed by atoms with Crippen molar-refractivity contribution in [2.45, 2.75) is 182 Å². The summed E-state index contributed by atoms with van der Waals surface area (Å²) < 4.78 is 23.9. The van der Waals surface area contributed by atoms with Crippen molar-refractivity contribution in [1.29, 1.82) is 0 Å². The molecule has 1 aliphatic carbocycles. The number of hydrogen-bond acceptors (Lipinski definition) is 14. The highest BCUT2D eigenvalue weighted by Crippen LogP contribution is 2.31. The van der Waals surface area contributed by atoms with Crippen molar-refractivity contribution in [3.63, 3.8) is 0 Å². The summed E-state index contributed by atoms with van der Waals surface area (Å²) >= 11 is 1.68. The normalized spacial score (nSPS) is 40.3. The summed E-state index contributed by atoms with van der Waals surface area (Å²) in [6.07, 6.45) is 5.95. The van der Waals surface area contributed by atoms with Crippen molar-refractivity contribution in [3.05, 3.63) is 0 Å². The van der Waals surface area contributed by atoms with E-state index >= 15 is 0 Å². The quantitative estimate of drug-likeness (QED) is 0.0778. The molecule has 0 unspecified atom stereocenters. The third-order valence-electron chi connectivity index (χ3n) is 9.66. The van der Waals surface area contributed by atoms with Crippen molar-refractivity contribution >= 4 is 11.8 Å². The minimum Gasteiger partial charge on any atom is -0.390 e. The number of hydrogen-bond donors (Lipinski definition) is 9. The molecule has 14 heteroatoms. The molecule has 2 heterocycles. The van der Waals surface area contributed by atoms with Crippen molar-refractivity contribution in [3.8, 4) is 0 Å². The summed E-state index contributed by atoms with van der Waals surface area (Å²) in [6, 6.07) is -3.02. The lowest BCUT2D eigenvalue weighted by Gasteiger charge is -2.48. The van der Waals surface area contributed by atoms with Crippen molar-refractivity contribution in [2.75, 3.05) is 18.1 Å². The lowest BCUT2D eigenvalue weighted by Crippen LogP contribution is -2.68. The average molecular weight is 680 g/mol. The van der Waals surface area contributed by atoms with Gasteiger partial charge in [0.05, 0.1) is 36.5 Å². The van der Waals surface area contributed by atoms with E-state index in [0.29, 0.717) is 5.75 Å². The van der Waals surface area contributed by atoms with Gasteiger partial charge in [0.15, 0.2) is 12.6 Å². The number of ether oxygens (including phenoxy) is 4. The van der Waals surface area contributed by atoms with E-state index in [9.17, 15) is 20.4 Å². The van der Waals surface area contributed by atoms with Crippen LogP contribution in [0.2, 0.25) is 0 Å². The molecule has 3 rings (SSSR count). The van der Waals surface area contributed by atoms with E-state index in [1.807, 2.05) is 0 Å². The van der Waals surface area contributed by atoms with Gasteiger partial charge in [-0.2, -0.15) is 11.8 Å². The summed E-state index contributed by atoms with van der Waals surface area (Å²) in [6.45, 7) is 2.33. The molecule has 1 saturated carbocycles. The van der Waals surface area contributed by atoms with Gasteiger partial charge in [0, 0.05) is 24.4 Å². The van der Waals surface area contributed by atoms with Gasteiger partial charge in [-0.15, -0.1) is 0 Å². The molecule has 2 aliphatic heterocycles. The average Bonchev–Trinajstić information content (AvgIpc) is 3.02. The van der Waals surface area contributed by atoms with Crippen LogP contribution in [0.25, 0.3) is 0 Å². The summed E-state index contributed by atoms with van der Waals surface area (Å²) in [5.74, 6) is 1.42. The Kier molecular flexibility index (Phi) is 18.5. The second-order valence-corrected chi connectivity index (χ2v) is 14.7. The lowest BCUT2D eigenvalue weighted by molar-refractivity contribution is -0.309. The molecule has 272 valence electrons. The Hall–Kier alpha value is -0.170. The van der Waals surface area contributed by atoms with Gasteiger partial charge in [0.2, 0.25) is 0 Å². The number of unbranched alkanes of at least 4 members (excludes halogenated alkanes) is 11. The van der Waals surface area contributed by atoms with Gasteiger partial charge in [0.25, 0.3) is 0 Å². The van der Waals surface area contributed by atoms with Crippen LogP contribution < -0.4 is 28.7 Å². The van der Waals surface area contributed by atoms with Crippen LogP contribution >= 0.6 is 11.8 Å². The van der Waals surface area contributed by atoms with Crippen LogP contribution in [0.5, 0.6) is 0 Å². The van der Waals surface area contributed by atoms with Crippen molar-refractivity contribution in [1.82, 2.24) is 0 Å². The second kappa shape index (κ2) is 21.1. The number of aliphatic hydroxyl groups is 4. The van der Waals surface area contributed by atoms with Crippen molar-refractivity contribution < 1.29 is 39.4 Å². The number of rotatable bonds is 20. The molecule has 3 aliphatic rings.